The van der Waals surface area contributed by atoms with Crippen molar-refractivity contribution in [2.45, 2.75) is 25.9 Å². The second kappa shape index (κ2) is 12.1. The van der Waals surface area contributed by atoms with E-state index in [4.69, 9.17) is 26.8 Å². The average Bonchev–Trinajstić information content (AvgIpc) is 3.15. The number of carboxylic acids is 1. The van der Waals surface area contributed by atoms with Crippen LogP contribution in [0.5, 0.6) is 11.5 Å². The second-order valence-electron chi connectivity index (χ2n) is 8.66. The summed E-state index contributed by atoms with van der Waals surface area (Å²) in [6.45, 7) is 4.08. The summed E-state index contributed by atoms with van der Waals surface area (Å²) >= 11 is 6.29. The number of carbonyl (C=O) groups is 2. The van der Waals surface area contributed by atoms with Gasteiger partial charge in [0.25, 0.3) is 5.91 Å². The van der Waals surface area contributed by atoms with E-state index in [1.807, 2.05) is 73.7 Å². The van der Waals surface area contributed by atoms with E-state index in [1.165, 1.54) is 5.56 Å². The molecule has 3 aromatic rings. The smallest absolute Gasteiger partial charge is 0.323 e. The van der Waals surface area contributed by atoms with E-state index in [0.717, 1.165) is 27.8 Å². The van der Waals surface area contributed by atoms with Crippen molar-refractivity contribution in [1.29, 1.82) is 0 Å². The van der Waals surface area contributed by atoms with Crippen LogP contribution >= 0.6 is 24.0 Å². The van der Waals surface area contributed by atoms with Gasteiger partial charge in [-0.05, 0) is 41.8 Å². The molecule has 3 aromatic carbocycles. The van der Waals surface area contributed by atoms with E-state index in [2.05, 4.69) is 19.1 Å². The molecule has 0 spiro atoms. The Morgan fingerprint density at radius 1 is 1.00 bits per heavy atom. The third kappa shape index (κ3) is 6.78. The van der Waals surface area contributed by atoms with Crippen molar-refractivity contribution in [3.63, 3.8) is 0 Å². The van der Waals surface area contributed by atoms with Gasteiger partial charge in [0.2, 0.25) is 0 Å². The molecular formula is C29H27NO5S2. The number of rotatable bonds is 10. The Bertz CT molecular complexity index is 1310. The van der Waals surface area contributed by atoms with Gasteiger partial charge in [-0.2, -0.15) is 0 Å². The summed E-state index contributed by atoms with van der Waals surface area (Å²) in [6, 6.07) is 25.5. The largest absolute Gasteiger partial charge is 0.489 e. The van der Waals surface area contributed by atoms with Gasteiger partial charge in [0.1, 0.15) is 17.0 Å². The van der Waals surface area contributed by atoms with E-state index in [0.29, 0.717) is 23.0 Å². The lowest BCUT2D eigenvalue weighted by Gasteiger charge is -2.20. The number of thiocarbonyl (C=S) groups is 1. The van der Waals surface area contributed by atoms with Gasteiger partial charge in [-0.25, -0.2) is 0 Å². The van der Waals surface area contributed by atoms with Gasteiger partial charge in [-0.1, -0.05) is 97.6 Å². The standard InChI is InChI=1S/C29H27NO5S2/c1-19(22-9-5-3-6-10-22)18-34-24-14-13-21(15-25(24)35-20(2)23-11-7-4-8-12-23)16-26-28(33)30(17-27(31)32)29(36)37-26/h3-16,19-20H,17-18H2,1-2H3,(H,31,32)/b26-16+/t19-,20+/m1/s1. The van der Waals surface area contributed by atoms with E-state index >= 15 is 0 Å². The molecule has 1 N–H and O–H groups in total. The quantitative estimate of drug-likeness (QED) is 0.242. The summed E-state index contributed by atoms with van der Waals surface area (Å²) < 4.78 is 12.8. The molecule has 0 unspecified atom stereocenters. The Balaban J connectivity index is 1.59. The van der Waals surface area contributed by atoms with Crippen LogP contribution in [0.15, 0.2) is 83.8 Å². The highest BCUT2D eigenvalue weighted by molar-refractivity contribution is 8.26. The zero-order chi connectivity index (χ0) is 26.4. The molecule has 1 heterocycles. The summed E-state index contributed by atoms with van der Waals surface area (Å²) in [6.07, 6.45) is 1.46. The zero-order valence-corrected chi connectivity index (χ0v) is 22.1. The molecule has 0 bridgehead atoms. The van der Waals surface area contributed by atoms with Gasteiger partial charge < -0.3 is 14.6 Å². The maximum Gasteiger partial charge on any atom is 0.323 e. The van der Waals surface area contributed by atoms with Crippen LogP contribution in [-0.2, 0) is 9.59 Å². The van der Waals surface area contributed by atoms with Crippen LogP contribution in [0.4, 0.5) is 0 Å². The van der Waals surface area contributed by atoms with E-state index < -0.39 is 18.4 Å². The number of amides is 1. The van der Waals surface area contributed by atoms with Gasteiger partial charge in [-0.15, -0.1) is 0 Å². The molecule has 1 fully saturated rings. The molecule has 0 aliphatic carbocycles. The maximum atomic E-state index is 12.7. The van der Waals surface area contributed by atoms with E-state index in [-0.39, 0.29) is 16.3 Å². The molecule has 1 aliphatic heterocycles. The first kappa shape index (κ1) is 26.4. The van der Waals surface area contributed by atoms with Crippen molar-refractivity contribution < 1.29 is 24.2 Å². The Morgan fingerprint density at radius 2 is 1.65 bits per heavy atom. The van der Waals surface area contributed by atoms with Crippen LogP contribution in [0.2, 0.25) is 0 Å². The molecule has 1 aliphatic rings. The average molecular weight is 534 g/mol. The molecule has 8 heteroatoms. The van der Waals surface area contributed by atoms with Crippen molar-refractivity contribution in [1.82, 2.24) is 4.90 Å². The molecule has 1 amide bonds. The summed E-state index contributed by atoms with van der Waals surface area (Å²) in [5, 5.41) is 9.08. The molecular weight excluding hydrogens is 506 g/mol. The first-order valence-electron chi connectivity index (χ1n) is 11.8. The molecule has 37 heavy (non-hydrogen) atoms. The van der Waals surface area contributed by atoms with Crippen LogP contribution < -0.4 is 9.47 Å². The van der Waals surface area contributed by atoms with Crippen LogP contribution in [-0.4, -0.2) is 39.4 Å². The molecule has 2 atom stereocenters. The summed E-state index contributed by atoms with van der Waals surface area (Å²) in [4.78, 5) is 25.3. The molecule has 1 saturated heterocycles. The number of nitrogens with zero attached hydrogens (tertiary/aromatic N) is 1. The van der Waals surface area contributed by atoms with Crippen molar-refractivity contribution in [2.75, 3.05) is 13.2 Å². The molecule has 6 nitrogen and oxygen atoms in total. The second-order valence-corrected chi connectivity index (χ2v) is 10.3. The van der Waals surface area contributed by atoms with Crippen molar-refractivity contribution in [3.05, 3.63) is 100 Å². The minimum Gasteiger partial charge on any atom is -0.489 e. The summed E-state index contributed by atoms with van der Waals surface area (Å²) in [5.74, 6) is -0.215. The highest BCUT2D eigenvalue weighted by atomic mass is 32.2. The Hall–Kier alpha value is -3.62. The number of hydrogen-bond acceptors (Lipinski definition) is 6. The monoisotopic (exact) mass is 533 g/mol. The number of carboxylic acid groups (broad SMARTS) is 1. The minimum atomic E-state index is -1.12. The van der Waals surface area contributed by atoms with Gasteiger partial charge >= 0.3 is 5.97 Å². The van der Waals surface area contributed by atoms with Gasteiger partial charge in [-0.3, -0.25) is 14.5 Å². The molecule has 4 rings (SSSR count). The summed E-state index contributed by atoms with van der Waals surface area (Å²) in [7, 11) is 0. The summed E-state index contributed by atoms with van der Waals surface area (Å²) in [5.41, 5.74) is 2.92. The highest BCUT2D eigenvalue weighted by Crippen LogP contribution is 2.36. The van der Waals surface area contributed by atoms with Crippen molar-refractivity contribution in [3.8, 4) is 11.5 Å². The van der Waals surface area contributed by atoms with Crippen LogP contribution in [0.3, 0.4) is 0 Å². The van der Waals surface area contributed by atoms with Crippen LogP contribution in [0.25, 0.3) is 6.08 Å². The molecule has 0 saturated carbocycles. The van der Waals surface area contributed by atoms with Gasteiger partial charge in [0.15, 0.2) is 11.5 Å². The predicted molar refractivity (Wildman–Crippen MR) is 150 cm³/mol. The fourth-order valence-electron chi connectivity index (χ4n) is 3.82. The van der Waals surface area contributed by atoms with E-state index in [9.17, 15) is 9.59 Å². The topological polar surface area (TPSA) is 76.1 Å². The van der Waals surface area contributed by atoms with Crippen LogP contribution in [0.1, 0.15) is 42.6 Å². The normalized spacial score (nSPS) is 16.1. The van der Waals surface area contributed by atoms with Gasteiger partial charge in [0, 0.05) is 5.92 Å². The molecule has 190 valence electrons. The Morgan fingerprint density at radius 3 is 2.30 bits per heavy atom. The Kier molecular flexibility index (Phi) is 8.63. The predicted octanol–water partition coefficient (Wildman–Crippen LogP) is 6.29. The number of ether oxygens (including phenoxy) is 2. The lowest BCUT2D eigenvalue weighted by atomic mass is 10.0. The zero-order valence-electron chi connectivity index (χ0n) is 20.5. The first-order chi connectivity index (χ1) is 17.8. The third-order valence-electron chi connectivity index (χ3n) is 5.86. The van der Waals surface area contributed by atoms with Gasteiger partial charge in [0.05, 0.1) is 11.5 Å². The number of hydrogen-bond donors (Lipinski definition) is 1. The fraction of sp³-hybridized carbons (Fsp3) is 0.207. The minimum absolute atomic E-state index is 0.177. The SMILES string of the molecule is C[C@H](COc1ccc(/C=C2/SC(=S)N(CC(=O)O)C2=O)cc1O[C@@H](C)c1ccccc1)c1ccccc1. The number of thioether (sulfide) groups is 1. The van der Waals surface area contributed by atoms with Crippen LogP contribution in [0, 0.1) is 0 Å². The lowest BCUT2D eigenvalue weighted by molar-refractivity contribution is -0.140. The van der Waals surface area contributed by atoms with E-state index in [1.54, 1.807) is 6.08 Å². The maximum absolute atomic E-state index is 12.7. The van der Waals surface area contributed by atoms with Crippen molar-refractivity contribution >= 4 is 46.3 Å². The first-order valence-corrected chi connectivity index (χ1v) is 13.0. The number of carbonyl (C=O) groups excluding carboxylic acids is 1. The number of benzene rings is 3. The van der Waals surface area contributed by atoms with Crippen molar-refractivity contribution in [2.24, 2.45) is 0 Å². The molecule has 0 aromatic heterocycles. The number of aliphatic carboxylic acids is 1. The fourth-order valence-corrected chi connectivity index (χ4v) is 5.08. The molecule has 0 radical (unpaired) electrons. The third-order valence-corrected chi connectivity index (χ3v) is 7.24. The highest BCUT2D eigenvalue weighted by Gasteiger charge is 2.33. The lowest BCUT2D eigenvalue weighted by Crippen LogP contribution is -2.33. The Labute approximate surface area is 225 Å².